The van der Waals surface area contributed by atoms with Gasteiger partial charge in [-0.1, -0.05) is 0 Å². The van der Waals surface area contributed by atoms with Crippen molar-refractivity contribution in [1.29, 1.82) is 0 Å². The van der Waals surface area contributed by atoms with E-state index in [1.807, 2.05) is 7.05 Å². The molecule has 0 radical (unpaired) electrons. The molecule has 1 aliphatic carbocycles. The largest absolute Gasteiger partial charge is 0.401 e. The molecule has 1 spiro atoms. The number of halogens is 3. The quantitative estimate of drug-likeness (QED) is 0.922. The Hall–Kier alpha value is -1.08. The zero-order chi connectivity index (χ0) is 15.1. The van der Waals surface area contributed by atoms with Crippen molar-refractivity contribution in [2.24, 2.45) is 12.5 Å². The predicted octanol–water partition coefficient (Wildman–Crippen LogP) is 1.93. The molecule has 1 aromatic heterocycles. The van der Waals surface area contributed by atoms with Gasteiger partial charge in [0.05, 0.1) is 13.1 Å². The Bertz CT molecular complexity index is 491. The first-order chi connectivity index (χ1) is 9.90. The zero-order valence-corrected chi connectivity index (χ0v) is 12.2. The summed E-state index contributed by atoms with van der Waals surface area (Å²) < 4.78 is 40.5. The van der Waals surface area contributed by atoms with Gasteiger partial charge in [-0.05, 0) is 37.8 Å². The van der Waals surface area contributed by atoms with E-state index in [-0.39, 0.29) is 18.0 Å². The third-order valence-corrected chi connectivity index (χ3v) is 4.83. The first-order valence-corrected chi connectivity index (χ1v) is 7.37. The van der Waals surface area contributed by atoms with Crippen molar-refractivity contribution in [1.82, 2.24) is 19.8 Å². The average Bonchev–Trinajstić information content (AvgIpc) is 2.93. The van der Waals surface area contributed by atoms with E-state index in [0.717, 1.165) is 32.4 Å². The molecule has 2 heterocycles. The fourth-order valence-electron chi connectivity index (χ4n) is 3.54. The van der Waals surface area contributed by atoms with Gasteiger partial charge in [0.2, 0.25) is 0 Å². The van der Waals surface area contributed by atoms with Crippen molar-refractivity contribution in [3.63, 3.8) is 0 Å². The third kappa shape index (κ3) is 3.23. The Morgan fingerprint density at radius 1 is 1.43 bits per heavy atom. The monoisotopic (exact) mass is 302 g/mol. The van der Waals surface area contributed by atoms with Crippen LogP contribution in [0.15, 0.2) is 12.4 Å². The summed E-state index contributed by atoms with van der Waals surface area (Å²) in [5, 5.41) is 3.29. The summed E-state index contributed by atoms with van der Waals surface area (Å²) in [7, 11) is 1.82. The molecule has 1 aromatic rings. The van der Waals surface area contributed by atoms with Gasteiger partial charge in [-0.15, -0.1) is 0 Å². The first-order valence-electron chi connectivity index (χ1n) is 7.37. The van der Waals surface area contributed by atoms with Gasteiger partial charge in [0.1, 0.15) is 5.82 Å². The van der Waals surface area contributed by atoms with Crippen LogP contribution in [0.5, 0.6) is 0 Å². The van der Waals surface area contributed by atoms with Crippen LogP contribution in [0.25, 0.3) is 0 Å². The molecule has 0 amide bonds. The number of imidazole rings is 1. The van der Waals surface area contributed by atoms with Crippen LogP contribution in [-0.4, -0.2) is 46.3 Å². The van der Waals surface area contributed by atoms with Gasteiger partial charge < -0.3 is 9.88 Å². The molecule has 1 saturated carbocycles. The lowest BCUT2D eigenvalue weighted by molar-refractivity contribution is -0.150. The zero-order valence-electron chi connectivity index (χ0n) is 12.2. The number of aryl methyl sites for hydroxylation is 1. The molecule has 2 fully saturated rings. The number of aromatic nitrogens is 2. The minimum atomic E-state index is -4.16. The van der Waals surface area contributed by atoms with Gasteiger partial charge in [0, 0.05) is 25.5 Å². The van der Waals surface area contributed by atoms with E-state index in [4.69, 9.17) is 0 Å². The van der Waals surface area contributed by atoms with Crippen LogP contribution < -0.4 is 5.32 Å². The van der Waals surface area contributed by atoms with Gasteiger partial charge >= 0.3 is 6.18 Å². The number of nitrogens with one attached hydrogen (secondary N) is 1. The molecule has 0 aromatic carbocycles. The summed E-state index contributed by atoms with van der Waals surface area (Å²) in [4.78, 5) is 5.75. The highest BCUT2D eigenvalue weighted by atomic mass is 19.4. The molecule has 4 nitrogen and oxygen atoms in total. The van der Waals surface area contributed by atoms with Crippen molar-refractivity contribution < 1.29 is 13.2 Å². The second-order valence-corrected chi connectivity index (χ2v) is 6.31. The lowest BCUT2D eigenvalue weighted by Gasteiger charge is -2.29. The topological polar surface area (TPSA) is 33.1 Å². The lowest BCUT2D eigenvalue weighted by atomic mass is 9.93. The van der Waals surface area contributed by atoms with E-state index in [2.05, 4.69) is 10.3 Å². The van der Waals surface area contributed by atoms with E-state index >= 15 is 0 Å². The van der Waals surface area contributed by atoms with Crippen LogP contribution in [0.2, 0.25) is 0 Å². The average molecular weight is 302 g/mol. The van der Waals surface area contributed by atoms with E-state index in [0.29, 0.717) is 5.82 Å². The molecule has 1 unspecified atom stereocenters. The first kappa shape index (κ1) is 14.8. The van der Waals surface area contributed by atoms with Crippen molar-refractivity contribution >= 4 is 0 Å². The second kappa shape index (κ2) is 5.28. The van der Waals surface area contributed by atoms with Gasteiger partial charge in [0.25, 0.3) is 0 Å². The van der Waals surface area contributed by atoms with Gasteiger partial charge in [-0.25, -0.2) is 4.98 Å². The standard InChI is InChI=1S/C14H21F3N4/c1-20-7-6-19-12(20)9-21(10-14(15,16)17)11-8-13(11)2-4-18-5-3-13/h6-7,11,18H,2-5,8-10H2,1H3. The summed E-state index contributed by atoms with van der Waals surface area (Å²) in [6, 6.07) is 0.0397. The van der Waals surface area contributed by atoms with Gasteiger partial charge in [0.15, 0.2) is 0 Å². The Kier molecular flexibility index (Phi) is 3.73. The molecule has 118 valence electrons. The summed E-state index contributed by atoms with van der Waals surface area (Å²) in [6.45, 7) is 1.25. The van der Waals surface area contributed by atoms with E-state index in [9.17, 15) is 13.2 Å². The molecule has 1 saturated heterocycles. The van der Waals surface area contributed by atoms with Crippen molar-refractivity contribution in [3.8, 4) is 0 Å². The third-order valence-electron chi connectivity index (χ3n) is 4.83. The Morgan fingerprint density at radius 3 is 2.71 bits per heavy atom. The van der Waals surface area contributed by atoms with Crippen molar-refractivity contribution in [2.75, 3.05) is 19.6 Å². The number of hydrogen-bond donors (Lipinski definition) is 1. The van der Waals surface area contributed by atoms with Crippen LogP contribution in [0.1, 0.15) is 25.1 Å². The number of piperidine rings is 1. The van der Waals surface area contributed by atoms with Crippen LogP contribution >= 0.6 is 0 Å². The number of nitrogens with zero attached hydrogens (tertiary/aromatic N) is 3. The summed E-state index contributed by atoms with van der Waals surface area (Å²) in [5.74, 6) is 0.690. The fraction of sp³-hybridized carbons (Fsp3) is 0.786. The Balaban J connectivity index is 1.73. The number of rotatable bonds is 4. The predicted molar refractivity (Wildman–Crippen MR) is 72.6 cm³/mol. The molecule has 3 rings (SSSR count). The van der Waals surface area contributed by atoms with Crippen LogP contribution in [0, 0.1) is 5.41 Å². The minimum absolute atomic E-state index is 0.0397. The molecule has 1 aliphatic heterocycles. The second-order valence-electron chi connectivity index (χ2n) is 6.31. The van der Waals surface area contributed by atoms with E-state index in [1.165, 1.54) is 0 Å². The molecular formula is C14H21F3N4. The molecule has 21 heavy (non-hydrogen) atoms. The molecule has 0 bridgehead atoms. The highest BCUT2D eigenvalue weighted by Crippen LogP contribution is 2.56. The minimum Gasteiger partial charge on any atom is -0.337 e. The number of alkyl halides is 3. The maximum absolute atomic E-state index is 12.9. The highest BCUT2D eigenvalue weighted by Gasteiger charge is 2.57. The Labute approximate surface area is 122 Å². The van der Waals surface area contributed by atoms with Gasteiger partial charge in [-0.2, -0.15) is 13.2 Å². The van der Waals surface area contributed by atoms with Gasteiger partial charge in [-0.3, -0.25) is 4.90 Å². The smallest absolute Gasteiger partial charge is 0.337 e. The molecule has 1 atom stereocenters. The lowest BCUT2D eigenvalue weighted by Crippen LogP contribution is -2.40. The summed E-state index contributed by atoms with van der Waals surface area (Å²) >= 11 is 0. The number of hydrogen-bond acceptors (Lipinski definition) is 3. The maximum atomic E-state index is 12.9. The Morgan fingerprint density at radius 2 is 2.14 bits per heavy atom. The maximum Gasteiger partial charge on any atom is 0.401 e. The molecule has 1 N–H and O–H groups in total. The van der Waals surface area contributed by atoms with Crippen LogP contribution in [0.3, 0.4) is 0 Å². The molecule has 7 heteroatoms. The summed E-state index contributed by atoms with van der Waals surface area (Å²) in [5.41, 5.74) is 0.0989. The molecule has 2 aliphatic rings. The van der Waals surface area contributed by atoms with E-state index in [1.54, 1.807) is 21.9 Å². The molecular weight excluding hydrogens is 281 g/mol. The van der Waals surface area contributed by atoms with Crippen molar-refractivity contribution in [3.05, 3.63) is 18.2 Å². The SMILES string of the molecule is Cn1ccnc1CN(CC(F)(F)F)C1CC12CCNCC2. The summed E-state index contributed by atoms with van der Waals surface area (Å²) in [6.07, 6.45) is 2.08. The van der Waals surface area contributed by atoms with Crippen LogP contribution in [-0.2, 0) is 13.6 Å². The highest BCUT2D eigenvalue weighted by molar-refractivity contribution is 5.11. The van der Waals surface area contributed by atoms with Crippen molar-refractivity contribution in [2.45, 2.75) is 38.0 Å². The van der Waals surface area contributed by atoms with E-state index < -0.39 is 12.7 Å². The normalized spacial score (nSPS) is 24.7. The fourth-order valence-corrected chi connectivity index (χ4v) is 3.54. The van der Waals surface area contributed by atoms with Crippen LogP contribution in [0.4, 0.5) is 13.2 Å².